The van der Waals surface area contributed by atoms with Crippen LogP contribution in [0.2, 0.25) is 0 Å². The van der Waals surface area contributed by atoms with Crippen molar-refractivity contribution < 1.29 is 4.79 Å². The predicted molar refractivity (Wildman–Crippen MR) is 99.0 cm³/mol. The summed E-state index contributed by atoms with van der Waals surface area (Å²) in [5, 5.41) is 15.1. The normalized spacial score (nSPS) is 12.0. The quantitative estimate of drug-likeness (QED) is 0.712. The van der Waals surface area contributed by atoms with Gasteiger partial charge >= 0.3 is 0 Å². The van der Waals surface area contributed by atoms with Gasteiger partial charge in [0, 0.05) is 5.69 Å². The summed E-state index contributed by atoms with van der Waals surface area (Å²) in [6, 6.07) is 15.4. The van der Waals surface area contributed by atoms with Gasteiger partial charge in [-0.15, -0.1) is 5.10 Å². The molecule has 1 aromatic heterocycles. The third kappa shape index (κ3) is 3.88. The number of anilines is 1. The van der Waals surface area contributed by atoms with Crippen molar-refractivity contribution in [2.24, 2.45) is 0 Å². The number of rotatable bonds is 5. The lowest BCUT2D eigenvalue weighted by Gasteiger charge is -2.13. The molecule has 6 nitrogen and oxygen atoms in total. The van der Waals surface area contributed by atoms with Gasteiger partial charge in [0.1, 0.15) is 0 Å². The predicted octanol–water partition coefficient (Wildman–Crippen LogP) is 3.40. The van der Waals surface area contributed by atoms with Gasteiger partial charge in [-0.1, -0.05) is 42.1 Å². The summed E-state index contributed by atoms with van der Waals surface area (Å²) in [6.45, 7) is 5.92. The van der Waals surface area contributed by atoms with E-state index < -0.39 is 0 Å². The molecule has 0 radical (unpaired) electrons. The number of hydrogen-bond acceptors (Lipinski definition) is 5. The van der Waals surface area contributed by atoms with Crippen molar-refractivity contribution in [3.63, 3.8) is 0 Å². The molecule has 7 heteroatoms. The summed E-state index contributed by atoms with van der Waals surface area (Å²) in [5.41, 5.74) is 3.97. The molecule has 0 spiro atoms. The first-order valence-corrected chi connectivity index (χ1v) is 8.82. The van der Waals surface area contributed by atoms with Crippen LogP contribution >= 0.6 is 11.8 Å². The van der Waals surface area contributed by atoms with E-state index >= 15 is 0 Å². The van der Waals surface area contributed by atoms with Crippen LogP contribution in [0.1, 0.15) is 18.1 Å². The van der Waals surface area contributed by atoms with Gasteiger partial charge in [-0.05, 0) is 60.5 Å². The van der Waals surface area contributed by atoms with Crippen molar-refractivity contribution in [2.75, 3.05) is 5.32 Å². The average molecular weight is 353 g/mol. The Balaban J connectivity index is 1.77. The third-order valence-electron chi connectivity index (χ3n) is 3.94. The lowest BCUT2D eigenvalue weighted by atomic mass is 10.1. The number of benzene rings is 2. The molecule has 3 rings (SSSR count). The Bertz CT molecular complexity index is 878. The first-order chi connectivity index (χ1) is 12.1. The van der Waals surface area contributed by atoms with Gasteiger partial charge in [0.05, 0.1) is 10.9 Å². The van der Waals surface area contributed by atoms with Crippen LogP contribution in [-0.4, -0.2) is 31.4 Å². The van der Waals surface area contributed by atoms with Gasteiger partial charge in [-0.3, -0.25) is 4.79 Å². The molecule has 1 heterocycles. The van der Waals surface area contributed by atoms with Crippen molar-refractivity contribution in [3.05, 3.63) is 59.7 Å². The van der Waals surface area contributed by atoms with E-state index in [0.29, 0.717) is 5.16 Å². The van der Waals surface area contributed by atoms with Crippen molar-refractivity contribution in [1.29, 1.82) is 0 Å². The molecule has 0 bridgehead atoms. The molecule has 0 unspecified atom stereocenters. The molecule has 2 aromatic carbocycles. The number of aromatic nitrogens is 4. The number of tetrazole rings is 1. The van der Waals surface area contributed by atoms with E-state index in [1.54, 1.807) is 4.68 Å². The number of para-hydroxylation sites is 1. The Morgan fingerprint density at radius 2 is 1.88 bits per heavy atom. The second-order valence-corrected chi connectivity index (χ2v) is 7.02. The Morgan fingerprint density at radius 3 is 2.64 bits per heavy atom. The van der Waals surface area contributed by atoms with Gasteiger partial charge in [0.15, 0.2) is 0 Å². The zero-order valence-electron chi connectivity index (χ0n) is 14.3. The fraction of sp³-hybridized carbons (Fsp3) is 0.222. The fourth-order valence-corrected chi connectivity index (χ4v) is 3.15. The van der Waals surface area contributed by atoms with Crippen molar-refractivity contribution in [3.8, 4) is 5.69 Å². The summed E-state index contributed by atoms with van der Waals surface area (Å²) >= 11 is 1.33. The van der Waals surface area contributed by atoms with Gasteiger partial charge in [0.2, 0.25) is 11.1 Å². The molecule has 0 saturated carbocycles. The van der Waals surface area contributed by atoms with Gasteiger partial charge in [0.25, 0.3) is 0 Å². The number of carbonyl (C=O) groups excluding carboxylic acids is 1. The maximum atomic E-state index is 12.4. The molecule has 0 saturated heterocycles. The van der Waals surface area contributed by atoms with Crippen LogP contribution < -0.4 is 5.32 Å². The molecule has 0 aliphatic carbocycles. The molecule has 128 valence electrons. The maximum absolute atomic E-state index is 12.4. The van der Waals surface area contributed by atoms with E-state index in [4.69, 9.17) is 0 Å². The molecule has 1 amide bonds. The minimum Gasteiger partial charge on any atom is -0.325 e. The Labute approximate surface area is 150 Å². The molecule has 0 fully saturated rings. The molecule has 1 atom stereocenters. The average Bonchev–Trinajstić information content (AvgIpc) is 3.06. The van der Waals surface area contributed by atoms with Crippen LogP contribution in [0.15, 0.2) is 53.7 Å². The number of carbonyl (C=O) groups is 1. The number of thioether (sulfide) groups is 1. The first kappa shape index (κ1) is 17.2. The van der Waals surface area contributed by atoms with Crippen LogP contribution in [0, 0.1) is 13.8 Å². The SMILES string of the molecule is Cc1cccc(-n2nnnc2S[C@@H](C)C(=O)Nc2ccccc2)c1C. The van der Waals surface area contributed by atoms with E-state index in [0.717, 1.165) is 16.9 Å². The standard InChI is InChI=1S/C18H19N5OS/c1-12-8-7-11-16(13(12)2)23-18(20-21-22-23)25-14(3)17(24)19-15-9-5-4-6-10-15/h4-11,14H,1-3H3,(H,19,24)/t14-/m0/s1. The highest BCUT2D eigenvalue weighted by atomic mass is 32.2. The molecule has 25 heavy (non-hydrogen) atoms. The highest BCUT2D eigenvalue weighted by molar-refractivity contribution is 8.00. The van der Waals surface area contributed by atoms with E-state index in [9.17, 15) is 4.79 Å². The number of amides is 1. The van der Waals surface area contributed by atoms with E-state index in [1.807, 2.05) is 69.3 Å². The number of aryl methyl sites for hydroxylation is 1. The Hall–Kier alpha value is -2.67. The van der Waals surface area contributed by atoms with Crippen LogP contribution in [0.5, 0.6) is 0 Å². The zero-order valence-corrected chi connectivity index (χ0v) is 15.1. The van der Waals surface area contributed by atoms with Crippen molar-refractivity contribution in [2.45, 2.75) is 31.2 Å². The second kappa shape index (κ2) is 7.48. The lowest BCUT2D eigenvalue weighted by molar-refractivity contribution is -0.115. The summed E-state index contributed by atoms with van der Waals surface area (Å²) in [5.74, 6) is -0.0910. The largest absolute Gasteiger partial charge is 0.325 e. The fourth-order valence-electron chi connectivity index (χ4n) is 2.35. The minimum atomic E-state index is -0.338. The minimum absolute atomic E-state index is 0.0910. The van der Waals surface area contributed by atoms with Crippen molar-refractivity contribution >= 4 is 23.4 Å². The monoisotopic (exact) mass is 353 g/mol. The topological polar surface area (TPSA) is 72.7 Å². The van der Waals surface area contributed by atoms with Crippen molar-refractivity contribution in [1.82, 2.24) is 20.2 Å². The second-order valence-electron chi connectivity index (χ2n) is 5.71. The van der Waals surface area contributed by atoms with Crippen LogP contribution in [0.3, 0.4) is 0 Å². The van der Waals surface area contributed by atoms with E-state index in [-0.39, 0.29) is 11.2 Å². The van der Waals surface area contributed by atoms with Gasteiger partial charge in [-0.2, -0.15) is 4.68 Å². The third-order valence-corrected chi connectivity index (χ3v) is 4.97. The van der Waals surface area contributed by atoms with E-state index in [1.165, 1.54) is 17.3 Å². The number of nitrogens with zero attached hydrogens (tertiary/aromatic N) is 4. The lowest BCUT2D eigenvalue weighted by Crippen LogP contribution is -2.22. The molecule has 0 aliphatic heterocycles. The smallest absolute Gasteiger partial charge is 0.237 e. The van der Waals surface area contributed by atoms with Gasteiger partial charge < -0.3 is 5.32 Å². The summed E-state index contributed by atoms with van der Waals surface area (Å²) in [6.07, 6.45) is 0. The number of nitrogens with one attached hydrogen (secondary N) is 1. The number of hydrogen-bond donors (Lipinski definition) is 1. The van der Waals surface area contributed by atoms with Crippen LogP contribution in [0.4, 0.5) is 5.69 Å². The Morgan fingerprint density at radius 1 is 1.12 bits per heavy atom. The molecule has 0 aliphatic rings. The Kier molecular flexibility index (Phi) is 5.14. The first-order valence-electron chi connectivity index (χ1n) is 7.94. The molecular formula is C18H19N5OS. The van der Waals surface area contributed by atoms with Crippen LogP contribution in [-0.2, 0) is 4.79 Å². The highest BCUT2D eigenvalue weighted by Crippen LogP contribution is 2.26. The summed E-state index contributed by atoms with van der Waals surface area (Å²) in [7, 11) is 0. The maximum Gasteiger partial charge on any atom is 0.237 e. The summed E-state index contributed by atoms with van der Waals surface area (Å²) in [4.78, 5) is 12.4. The van der Waals surface area contributed by atoms with E-state index in [2.05, 4.69) is 20.8 Å². The highest BCUT2D eigenvalue weighted by Gasteiger charge is 2.20. The van der Waals surface area contributed by atoms with Gasteiger partial charge in [-0.25, -0.2) is 0 Å². The summed E-state index contributed by atoms with van der Waals surface area (Å²) < 4.78 is 1.68. The van der Waals surface area contributed by atoms with Crippen LogP contribution in [0.25, 0.3) is 5.69 Å². The zero-order chi connectivity index (χ0) is 17.8. The molecular weight excluding hydrogens is 334 g/mol. The molecule has 1 N–H and O–H groups in total. The molecule has 3 aromatic rings.